The van der Waals surface area contributed by atoms with Crippen molar-refractivity contribution in [2.45, 2.75) is 134 Å². The normalized spacial score (nSPS) is 27.2. The van der Waals surface area contributed by atoms with Gasteiger partial charge in [0.25, 0.3) is 0 Å². The van der Waals surface area contributed by atoms with Gasteiger partial charge in [0.2, 0.25) is 0 Å². The summed E-state index contributed by atoms with van der Waals surface area (Å²) < 4.78 is 89.5. The molecule has 84 heavy (non-hydrogen) atoms. The van der Waals surface area contributed by atoms with Gasteiger partial charge in [0.1, 0.15) is 50.3 Å². The zero-order valence-corrected chi connectivity index (χ0v) is 46.0. The lowest BCUT2D eigenvalue weighted by Crippen LogP contribution is -2.69. The quantitative estimate of drug-likeness (QED) is 0.0923. The average molecular weight is 1170 g/mol. The largest absolute Gasteiger partial charge is 0.463 e. The Morgan fingerprint density at radius 2 is 0.607 bits per heavy atom. The number of carbonyl (C=O) groups is 10. The Balaban J connectivity index is 1.43. The number of benzene rings is 4. The third-order valence-corrected chi connectivity index (χ3v) is 12.6. The summed E-state index contributed by atoms with van der Waals surface area (Å²) in [4.78, 5) is 134. The number of rotatable bonds is 21. The van der Waals surface area contributed by atoms with Gasteiger partial charge in [0.15, 0.2) is 61.6 Å². The van der Waals surface area contributed by atoms with Crippen molar-refractivity contribution >= 4 is 59.7 Å². The van der Waals surface area contributed by atoms with Crippen LogP contribution in [0, 0.1) is 0 Å². The van der Waals surface area contributed by atoms with Gasteiger partial charge in [-0.3, -0.25) is 28.8 Å². The molecular formula is C58H60O26. The molecule has 4 aromatic carbocycles. The SMILES string of the molecule is CC(=O)OC[C@H]1O[C@H](O)[C@H](OC(C)=O)[C@@H](O[C@@H]2O[C@H](COC(C)=O)[C@@H](OC(C)=O)[C@H](O[C@@H]3O[C@H](COC(=O)c4ccccc4)[C@@H](OC(=O)c4ccccc4)[C@H](OC(=O)c4ccccc4)[C@H]3OC(=O)c3ccccc3)[C@H]2OC(C)=O)[C@@H]1OC(C)=O. The topological polar surface area (TPSA) is 329 Å². The molecule has 0 spiro atoms. The second-order valence-electron chi connectivity index (χ2n) is 18.9. The average Bonchev–Trinajstić information content (AvgIpc) is 1.30. The molecule has 0 amide bonds. The van der Waals surface area contributed by atoms with Gasteiger partial charge in [0.05, 0.1) is 22.3 Å². The Bertz CT molecular complexity index is 2940. The van der Waals surface area contributed by atoms with Gasteiger partial charge in [-0.05, 0) is 48.5 Å². The van der Waals surface area contributed by atoms with Crippen LogP contribution in [0.25, 0.3) is 0 Å². The van der Waals surface area contributed by atoms with Crippen LogP contribution in [-0.2, 0) is 99.8 Å². The van der Waals surface area contributed by atoms with Gasteiger partial charge >= 0.3 is 59.7 Å². The van der Waals surface area contributed by atoms with Crippen molar-refractivity contribution in [1.82, 2.24) is 0 Å². The van der Waals surface area contributed by atoms with Crippen LogP contribution in [-0.4, -0.2) is 177 Å². The van der Waals surface area contributed by atoms with E-state index in [2.05, 4.69) is 0 Å². The smallest absolute Gasteiger partial charge is 0.338 e. The molecule has 3 aliphatic heterocycles. The first-order valence-corrected chi connectivity index (χ1v) is 26.1. The number of aliphatic hydroxyl groups is 1. The third-order valence-electron chi connectivity index (χ3n) is 12.6. The summed E-state index contributed by atoms with van der Waals surface area (Å²) in [5.41, 5.74) is -0.121. The highest BCUT2D eigenvalue weighted by Gasteiger charge is 2.60. The van der Waals surface area contributed by atoms with E-state index in [4.69, 9.17) is 71.1 Å². The van der Waals surface area contributed by atoms with Crippen molar-refractivity contribution in [3.8, 4) is 0 Å². The Kier molecular flexibility index (Phi) is 22.1. The number of hydrogen-bond acceptors (Lipinski definition) is 26. The first-order valence-electron chi connectivity index (χ1n) is 26.1. The summed E-state index contributed by atoms with van der Waals surface area (Å²) in [6, 6.07) is 29.9. The summed E-state index contributed by atoms with van der Waals surface area (Å²) in [6.07, 6.45) is -29.5. The van der Waals surface area contributed by atoms with Gasteiger partial charge in [-0.2, -0.15) is 0 Å². The predicted molar refractivity (Wildman–Crippen MR) is 277 cm³/mol. The van der Waals surface area contributed by atoms with Crippen LogP contribution < -0.4 is 0 Å². The van der Waals surface area contributed by atoms with Crippen molar-refractivity contribution in [1.29, 1.82) is 0 Å². The maximum Gasteiger partial charge on any atom is 0.338 e. The van der Waals surface area contributed by atoms with Crippen LogP contribution in [0.2, 0.25) is 0 Å². The Morgan fingerprint density at radius 1 is 0.321 bits per heavy atom. The number of hydrogen-bond donors (Lipinski definition) is 1. The van der Waals surface area contributed by atoms with E-state index < -0.39 is 172 Å². The molecule has 4 aromatic rings. The second-order valence-corrected chi connectivity index (χ2v) is 18.9. The van der Waals surface area contributed by atoms with Crippen LogP contribution >= 0.6 is 0 Å². The number of aliphatic hydroxyl groups excluding tert-OH is 1. The van der Waals surface area contributed by atoms with Crippen molar-refractivity contribution in [2.24, 2.45) is 0 Å². The lowest BCUT2D eigenvalue weighted by atomic mass is 9.95. The van der Waals surface area contributed by atoms with E-state index in [0.717, 1.165) is 41.5 Å². The first-order chi connectivity index (χ1) is 40.2. The van der Waals surface area contributed by atoms with E-state index in [1.54, 1.807) is 36.4 Å². The van der Waals surface area contributed by atoms with E-state index >= 15 is 0 Å². The number of esters is 10. The predicted octanol–water partition coefficient (Wildman–Crippen LogP) is 3.31. The van der Waals surface area contributed by atoms with Gasteiger partial charge in [-0.1, -0.05) is 72.8 Å². The third kappa shape index (κ3) is 17.0. The molecule has 15 atom stereocenters. The Hall–Kier alpha value is -8.66. The molecule has 3 aliphatic rings. The number of carbonyl (C=O) groups excluding carboxylic acids is 10. The fourth-order valence-corrected chi connectivity index (χ4v) is 9.11. The molecular weight excluding hydrogens is 1110 g/mol. The minimum absolute atomic E-state index is 0.0241. The minimum atomic E-state index is -2.23. The molecule has 0 unspecified atom stereocenters. The van der Waals surface area contributed by atoms with Crippen LogP contribution in [0.1, 0.15) is 83.0 Å². The minimum Gasteiger partial charge on any atom is -0.463 e. The molecule has 3 heterocycles. The van der Waals surface area contributed by atoms with Crippen molar-refractivity contribution in [3.63, 3.8) is 0 Å². The highest BCUT2D eigenvalue weighted by Crippen LogP contribution is 2.39. The molecule has 0 aromatic heterocycles. The van der Waals surface area contributed by atoms with E-state index in [0.29, 0.717) is 0 Å². The highest BCUT2D eigenvalue weighted by atomic mass is 16.8. The molecule has 26 nitrogen and oxygen atoms in total. The standard InChI is InChI=1S/C58H60O26/c1-30(59)70-27-40-43(73-32(3)61)46(49(56(69)77-40)75-34(5)63)83-57-50(76-35(6)64)48(44(74-33(4)62)41(78-57)28-71-31(2)60)84-58-51(82-55(68)39-25-17-10-18-26-39)47(81-54(67)38-23-15-9-16-24-38)45(80-53(66)37-21-13-8-14-22-37)42(79-58)29-72-52(65)36-19-11-7-12-20-36/h7-26,40-51,56-58,69H,27-29H2,1-6H3/t40-,41-,42-,43-,44-,45-,46+,47+,48+,49-,50-,51-,56+,57+,58+/m1/s1. The van der Waals surface area contributed by atoms with Gasteiger partial charge in [0, 0.05) is 41.5 Å². The zero-order valence-electron chi connectivity index (χ0n) is 46.0. The molecule has 0 bridgehead atoms. The maximum absolute atomic E-state index is 14.5. The first kappa shape index (κ1) is 62.9. The van der Waals surface area contributed by atoms with Crippen LogP contribution in [0.3, 0.4) is 0 Å². The summed E-state index contributed by atoms with van der Waals surface area (Å²) in [5.74, 6) is -10.1. The second kappa shape index (κ2) is 29.5. The van der Waals surface area contributed by atoms with Crippen molar-refractivity contribution in [3.05, 3.63) is 144 Å². The molecule has 448 valence electrons. The summed E-state index contributed by atoms with van der Waals surface area (Å²) in [5, 5.41) is 11.4. The lowest BCUT2D eigenvalue weighted by molar-refractivity contribution is -0.379. The summed E-state index contributed by atoms with van der Waals surface area (Å²) in [6.45, 7) is 3.54. The van der Waals surface area contributed by atoms with Crippen molar-refractivity contribution in [2.75, 3.05) is 19.8 Å². The molecule has 3 saturated heterocycles. The van der Waals surface area contributed by atoms with Gasteiger partial charge < -0.3 is 76.2 Å². The van der Waals surface area contributed by atoms with Crippen LogP contribution in [0.5, 0.6) is 0 Å². The van der Waals surface area contributed by atoms with Crippen molar-refractivity contribution < 1.29 is 124 Å². The molecule has 1 N–H and O–H groups in total. The molecule has 0 saturated carbocycles. The van der Waals surface area contributed by atoms with E-state index in [9.17, 15) is 53.1 Å². The highest BCUT2D eigenvalue weighted by molar-refractivity contribution is 5.91. The lowest BCUT2D eigenvalue weighted by Gasteiger charge is -2.50. The molecule has 3 fully saturated rings. The molecule has 0 aliphatic carbocycles. The molecule has 26 heteroatoms. The van der Waals surface area contributed by atoms with E-state index in [-0.39, 0.29) is 22.3 Å². The fourth-order valence-electron chi connectivity index (χ4n) is 9.11. The summed E-state index contributed by atoms with van der Waals surface area (Å²) >= 11 is 0. The Labute approximate surface area is 479 Å². The molecule has 0 radical (unpaired) electrons. The summed E-state index contributed by atoms with van der Waals surface area (Å²) in [7, 11) is 0. The monoisotopic (exact) mass is 1170 g/mol. The zero-order chi connectivity index (χ0) is 60.6. The molecule has 7 rings (SSSR count). The van der Waals surface area contributed by atoms with Gasteiger partial charge in [-0.15, -0.1) is 0 Å². The van der Waals surface area contributed by atoms with Gasteiger partial charge in [-0.25, -0.2) is 19.2 Å². The van der Waals surface area contributed by atoms with E-state index in [1.165, 1.54) is 84.9 Å². The fraction of sp³-hybridized carbons (Fsp3) is 0.414. The van der Waals surface area contributed by atoms with E-state index in [1.807, 2.05) is 0 Å². The van der Waals surface area contributed by atoms with Crippen LogP contribution in [0.4, 0.5) is 0 Å². The maximum atomic E-state index is 14.5. The number of ether oxygens (including phenoxy) is 15. The van der Waals surface area contributed by atoms with Crippen LogP contribution in [0.15, 0.2) is 121 Å². The Morgan fingerprint density at radius 3 is 0.988 bits per heavy atom.